The zero-order chi connectivity index (χ0) is 60.9. The van der Waals surface area contributed by atoms with Gasteiger partial charge in [-0.1, -0.05) is 12.1 Å². The van der Waals surface area contributed by atoms with Crippen molar-refractivity contribution in [2.24, 2.45) is 5.73 Å². The number of carbonyl (C=O) groups is 6. The van der Waals surface area contributed by atoms with Gasteiger partial charge in [-0.3, -0.25) is 38.7 Å². The molecule has 0 saturated heterocycles. The van der Waals surface area contributed by atoms with Crippen LogP contribution in [0.1, 0.15) is 70.7 Å². The van der Waals surface area contributed by atoms with Gasteiger partial charge >= 0.3 is 65.4 Å². The van der Waals surface area contributed by atoms with Crippen LogP contribution in [0.4, 0.5) is 0 Å². The molecule has 1 atom stereocenters. The summed E-state index contributed by atoms with van der Waals surface area (Å²) < 4.78 is 69.4. The Morgan fingerprint density at radius 1 is 0.512 bits per heavy atom. The molecule has 84 heavy (non-hydrogen) atoms. The van der Waals surface area contributed by atoms with Gasteiger partial charge in [0.25, 0.3) is 0 Å². The fourth-order valence-electron chi connectivity index (χ4n) is 7.11. The summed E-state index contributed by atoms with van der Waals surface area (Å²) in [6, 6.07) is 6.71. The van der Waals surface area contributed by atoms with Crippen LogP contribution in [0, 0.1) is 6.92 Å². The summed E-state index contributed by atoms with van der Waals surface area (Å²) in [5, 5.41) is 47.5. The van der Waals surface area contributed by atoms with Crippen molar-refractivity contribution in [3.63, 3.8) is 0 Å². The van der Waals surface area contributed by atoms with E-state index in [-0.39, 0.29) is 183 Å². The van der Waals surface area contributed by atoms with E-state index in [0.29, 0.717) is 62.8 Å². The fourth-order valence-corrected chi connectivity index (χ4v) is 7.11. The van der Waals surface area contributed by atoms with Gasteiger partial charge in [-0.25, -0.2) is 4.79 Å². The number of aromatic hydroxyl groups is 1. The van der Waals surface area contributed by atoms with E-state index in [1.165, 1.54) is 15.9 Å². The monoisotopic (exact) mass is 1290 g/mol. The Hall–Kier alpha value is -4.33. The summed E-state index contributed by atoms with van der Waals surface area (Å²) in [5.41, 5.74) is 6.92. The standard InChI is InChI=1S/C55H88N4O23.Na.Tc/c1-40-31-42(9-10-43(40)60)51(56)53(70)79-28-23-71-15-8-16-78-52-44(76-26-21-72-17-19-74-24-29-81-54(2,3)4)32-41(33-45(52)77-27-22-73-18-20-75-25-30-82-55(5,6)7)39-80-50(69)38-59(37-49(67)68)14-12-57(34-46(61)62)11-13-58(35-47(63)64)36-48(65)66;;/h9-10,31-33,51,60H,8,11-30,34-39,56H2,1-7H3,(H,61,62)(H,63,64)(H,65,66)(H,67,68);;/q;+1;. The van der Waals surface area contributed by atoms with Crippen LogP contribution in [-0.2, 0) is 98.1 Å². The SMILES string of the molecule is Cc1cc(C(N)C(=O)OCCOCCCOc2c(OCCOCCOCCOC(C)(C)C)cc(COC(=O)CN(CCN(CCN(CC(=O)O)CC(=O)O)CC(=O)O)CC(=O)O)cc2OCCOCCOCCOC(C)(C)C)ccc1O.[Na+].[Tc]. The number of nitrogens with zero attached hydrogens (tertiary/aromatic N) is 3. The van der Waals surface area contributed by atoms with E-state index in [0.717, 1.165) is 4.90 Å². The fraction of sp³-hybridized carbons (Fsp3) is 0.673. The van der Waals surface area contributed by atoms with Crippen LogP contribution in [0.25, 0.3) is 0 Å². The molecule has 1 unspecified atom stereocenters. The Labute approximate surface area is 527 Å². The largest absolute Gasteiger partial charge is 1.00 e. The number of hydrogen-bond donors (Lipinski definition) is 6. The molecule has 0 spiro atoms. The Kier molecular flexibility index (Phi) is 42.7. The van der Waals surface area contributed by atoms with Crippen LogP contribution >= 0.6 is 0 Å². The number of aryl methyl sites for hydroxylation is 1. The summed E-state index contributed by atoms with van der Waals surface area (Å²) in [4.78, 5) is 75.9. The maximum absolute atomic E-state index is 13.4. The number of carbonyl (C=O) groups excluding carboxylic acids is 2. The molecule has 2 rings (SSSR count). The maximum Gasteiger partial charge on any atom is 1.00 e. The van der Waals surface area contributed by atoms with Crippen LogP contribution in [0.3, 0.4) is 0 Å². The summed E-state index contributed by atoms with van der Waals surface area (Å²) in [6.07, 6.45) is 0.362. The van der Waals surface area contributed by atoms with Crippen molar-refractivity contribution in [3.05, 3.63) is 47.0 Å². The molecular weight excluding hydrogens is 1210 g/mol. The smallest absolute Gasteiger partial charge is 0.508 e. The van der Waals surface area contributed by atoms with Crippen molar-refractivity contribution in [1.82, 2.24) is 14.7 Å². The van der Waals surface area contributed by atoms with Gasteiger partial charge in [-0.2, -0.15) is 0 Å². The van der Waals surface area contributed by atoms with Crippen molar-refractivity contribution in [1.29, 1.82) is 0 Å². The van der Waals surface area contributed by atoms with Gasteiger partial charge in [0.05, 0.1) is 123 Å². The van der Waals surface area contributed by atoms with Gasteiger partial charge in [0.1, 0.15) is 38.2 Å². The van der Waals surface area contributed by atoms with E-state index in [4.69, 9.17) is 62.6 Å². The average Bonchev–Trinajstić information content (AvgIpc) is 3.52. The Bertz CT molecular complexity index is 2150. The number of phenols is 1. The second-order valence-corrected chi connectivity index (χ2v) is 20.4. The quantitative estimate of drug-likeness (QED) is 0.0276. The van der Waals surface area contributed by atoms with E-state index in [1.54, 1.807) is 31.2 Å². The first kappa shape index (κ1) is 79.7. The first-order valence-electron chi connectivity index (χ1n) is 26.9. The third-order valence-corrected chi connectivity index (χ3v) is 11.0. The summed E-state index contributed by atoms with van der Waals surface area (Å²) in [7, 11) is 0. The number of benzene rings is 2. The van der Waals surface area contributed by atoms with Gasteiger partial charge in [0, 0.05) is 59.3 Å². The van der Waals surface area contributed by atoms with Crippen molar-refractivity contribution in [2.45, 2.75) is 78.7 Å². The van der Waals surface area contributed by atoms with Crippen molar-refractivity contribution in [2.75, 3.05) is 165 Å². The number of carboxylic acid groups (broad SMARTS) is 4. The average molecular weight is 1290 g/mol. The third-order valence-electron chi connectivity index (χ3n) is 11.0. The van der Waals surface area contributed by atoms with Crippen LogP contribution in [0.15, 0.2) is 30.3 Å². The number of aliphatic carboxylic acids is 4. The van der Waals surface area contributed by atoms with E-state index in [1.807, 2.05) is 41.5 Å². The second kappa shape index (κ2) is 45.0. The van der Waals surface area contributed by atoms with Gasteiger partial charge in [-0.05, 0) is 83.4 Å². The molecule has 0 aliphatic heterocycles. The number of nitrogens with two attached hydrogens (primary N) is 1. The zero-order valence-corrected chi connectivity index (χ0v) is 53.8. The first-order chi connectivity index (χ1) is 38.8. The third kappa shape index (κ3) is 40.1. The number of hydrogen-bond acceptors (Lipinski definition) is 23. The molecule has 27 nitrogen and oxygen atoms in total. The molecule has 7 N–H and O–H groups in total. The molecule has 473 valence electrons. The van der Waals surface area contributed by atoms with Gasteiger partial charge in [0.2, 0.25) is 5.75 Å². The number of phenolic OH excluding ortho intramolecular Hbond substituents is 1. The molecule has 29 heteroatoms. The molecule has 0 amide bonds. The molecule has 0 aromatic heterocycles. The Morgan fingerprint density at radius 3 is 1.37 bits per heavy atom. The zero-order valence-electron chi connectivity index (χ0n) is 49.9. The molecule has 0 saturated carbocycles. The van der Waals surface area contributed by atoms with E-state index < -0.39 is 74.6 Å². The number of ether oxygens (including phenoxy) is 12. The minimum Gasteiger partial charge on any atom is -0.508 e. The van der Waals surface area contributed by atoms with E-state index in [2.05, 4.69) is 0 Å². The maximum atomic E-state index is 13.4. The first-order valence-corrected chi connectivity index (χ1v) is 26.9. The molecule has 0 aliphatic rings. The topological polar surface area (TPSA) is 350 Å². The van der Waals surface area contributed by atoms with Crippen LogP contribution in [0.5, 0.6) is 23.0 Å². The van der Waals surface area contributed by atoms with Crippen LogP contribution in [0.2, 0.25) is 0 Å². The van der Waals surface area contributed by atoms with Gasteiger partial charge in [-0.15, -0.1) is 0 Å². The Morgan fingerprint density at radius 2 is 0.917 bits per heavy atom. The summed E-state index contributed by atoms with van der Waals surface area (Å²) in [6.45, 7) is 13.1. The predicted molar refractivity (Wildman–Crippen MR) is 293 cm³/mol. The summed E-state index contributed by atoms with van der Waals surface area (Å²) >= 11 is 0. The minimum atomic E-state index is -1.29. The second-order valence-electron chi connectivity index (χ2n) is 20.4. The molecule has 0 fully saturated rings. The molecule has 1 radical (unpaired) electrons. The summed E-state index contributed by atoms with van der Waals surface area (Å²) in [5.74, 6) is -5.93. The predicted octanol–water partition coefficient (Wildman–Crippen LogP) is -0.527. The molecule has 0 bridgehead atoms. The number of rotatable bonds is 48. The Balaban J connectivity index is 0.0000344. The van der Waals surface area contributed by atoms with Gasteiger partial charge < -0.3 is 88.1 Å². The normalized spacial score (nSPS) is 11.9. The minimum absolute atomic E-state index is 0. The molecular formula is C55H88N4NaO23Tc+. The van der Waals surface area contributed by atoms with Crippen molar-refractivity contribution < 1.29 is 161 Å². The number of carboxylic acids is 4. The molecule has 0 aliphatic carbocycles. The molecule has 2 aromatic carbocycles. The molecule has 0 heterocycles. The van der Waals surface area contributed by atoms with Crippen LogP contribution in [-0.4, -0.2) is 252 Å². The van der Waals surface area contributed by atoms with E-state index in [9.17, 15) is 54.3 Å². The van der Waals surface area contributed by atoms with Gasteiger partial charge in [0.15, 0.2) is 11.5 Å². The molecule has 2 aromatic rings. The van der Waals surface area contributed by atoms with Crippen molar-refractivity contribution >= 4 is 35.8 Å². The van der Waals surface area contributed by atoms with E-state index >= 15 is 0 Å². The van der Waals surface area contributed by atoms with Crippen LogP contribution < -0.4 is 49.5 Å². The van der Waals surface area contributed by atoms with Crippen molar-refractivity contribution in [3.8, 4) is 23.0 Å². The number of esters is 2.